The van der Waals surface area contributed by atoms with Crippen LogP contribution in [-0.2, 0) is 20.7 Å². The highest BCUT2D eigenvalue weighted by Crippen LogP contribution is 2.40. The molecule has 0 atom stereocenters. The van der Waals surface area contributed by atoms with Gasteiger partial charge in [0.15, 0.2) is 5.75 Å². The minimum Gasteiger partial charge on any atom is -0.505 e. The van der Waals surface area contributed by atoms with Crippen LogP contribution in [-0.4, -0.2) is 42.9 Å². The number of hydrogen-bond acceptors (Lipinski definition) is 6. The highest BCUT2D eigenvalue weighted by molar-refractivity contribution is 6.01. The van der Waals surface area contributed by atoms with Gasteiger partial charge in [-0.05, 0) is 29.8 Å². The van der Waals surface area contributed by atoms with Gasteiger partial charge in [0.1, 0.15) is 11.3 Å². The van der Waals surface area contributed by atoms with Crippen LogP contribution in [0.2, 0.25) is 0 Å². The van der Waals surface area contributed by atoms with Crippen LogP contribution in [0.15, 0.2) is 54.6 Å². The van der Waals surface area contributed by atoms with Gasteiger partial charge in [-0.2, -0.15) is 0 Å². The predicted molar refractivity (Wildman–Crippen MR) is 106 cm³/mol. The van der Waals surface area contributed by atoms with Crippen molar-refractivity contribution in [2.45, 2.75) is 6.42 Å². The van der Waals surface area contributed by atoms with Gasteiger partial charge < -0.3 is 23.9 Å². The number of methoxy groups -OCH3 is 3. The summed E-state index contributed by atoms with van der Waals surface area (Å²) in [4.78, 5) is 24.6. The largest absolute Gasteiger partial charge is 0.505 e. The van der Waals surface area contributed by atoms with Crippen molar-refractivity contribution in [3.05, 3.63) is 65.9 Å². The van der Waals surface area contributed by atoms with Gasteiger partial charge in [0.05, 0.1) is 39.1 Å². The van der Waals surface area contributed by atoms with Crippen LogP contribution in [0.4, 0.5) is 0 Å². The summed E-state index contributed by atoms with van der Waals surface area (Å²) >= 11 is 0. The zero-order valence-corrected chi connectivity index (χ0v) is 16.3. The molecule has 3 aromatic rings. The second-order valence-electron chi connectivity index (χ2n) is 6.16. The summed E-state index contributed by atoms with van der Waals surface area (Å²) in [6.07, 6.45) is -0.231. The second kappa shape index (κ2) is 8.52. The monoisotopic (exact) mass is 395 g/mol. The van der Waals surface area contributed by atoms with Gasteiger partial charge in [0, 0.05) is 5.69 Å². The topological polar surface area (TPSA) is 87.0 Å². The van der Waals surface area contributed by atoms with E-state index in [1.165, 1.54) is 14.2 Å². The van der Waals surface area contributed by atoms with Gasteiger partial charge in [0.2, 0.25) is 0 Å². The van der Waals surface area contributed by atoms with Crippen LogP contribution in [0.25, 0.3) is 16.9 Å². The normalized spacial score (nSPS) is 10.4. The number of benzene rings is 2. The Bertz CT molecular complexity index is 1020. The molecule has 2 aromatic carbocycles. The minimum atomic E-state index is -0.709. The molecular weight excluding hydrogens is 374 g/mol. The molecule has 0 fully saturated rings. The number of esters is 2. The molecule has 0 amide bonds. The molecule has 0 bridgehead atoms. The van der Waals surface area contributed by atoms with Gasteiger partial charge in [-0.3, -0.25) is 4.79 Å². The quantitative estimate of drug-likeness (QED) is 0.644. The Hall–Kier alpha value is -3.74. The summed E-state index contributed by atoms with van der Waals surface area (Å²) in [6, 6.07) is 16.1. The zero-order valence-electron chi connectivity index (χ0n) is 16.3. The Labute approximate surface area is 168 Å². The third kappa shape index (κ3) is 3.80. The Morgan fingerprint density at radius 1 is 0.931 bits per heavy atom. The SMILES string of the molecule is COC(=O)Cc1c(O)c(C(=O)OC)c(-c2ccccc2)n1-c1ccc(OC)cc1. The van der Waals surface area contributed by atoms with Crippen molar-refractivity contribution in [3.8, 4) is 28.4 Å². The number of carbonyl (C=O) groups excluding carboxylic acids is 2. The van der Waals surface area contributed by atoms with Crippen molar-refractivity contribution in [1.29, 1.82) is 0 Å². The molecular formula is C22H21NO6. The van der Waals surface area contributed by atoms with E-state index in [1.807, 2.05) is 30.3 Å². The highest BCUT2D eigenvalue weighted by Gasteiger charge is 2.30. The molecule has 0 radical (unpaired) electrons. The summed E-state index contributed by atoms with van der Waals surface area (Å²) < 4.78 is 16.6. The summed E-state index contributed by atoms with van der Waals surface area (Å²) in [5.41, 5.74) is 1.93. The molecule has 1 aromatic heterocycles. The Morgan fingerprint density at radius 2 is 1.59 bits per heavy atom. The van der Waals surface area contributed by atoms with E-state index in [4.69, 9.17) is 14.2 Å². The molecule has 7 heteroatoms. The van der Waals surface area contributed by atoms with E-state index < -0.39 is 11.9 Å². The summed E-state index contributed by atoms with van der Waals surface area (Å²) in [5.74, 6) is -0.936. The summed E-state index contributed by atoms with van der Waals surface area (Å²) in [7, 11) is 4.06. The van der Waals surface area contributed by atoms with E-state index in [-0.39, 0.29) is 23.4 Å². The number of aromatic nitrogens is 1. The van der Waals surface area contributed by atoms with Crippen molar-refractivity contribution in [2.75, 3.05) is 21.3 Å². The predicted octanol–water partition coefficient (Wildman–Crippen LogP) is 3.36. The first-order valence-electron chi connectivity index (χ1n) is 8.83. The van der Waals surface area contributed by atoms with Gasteiger partial charge >= 0.3 is 11.9 Å². The zero-order chi connectivity index (χ0) is 21.0. The van der Waals surface area contributed by atoms with E-state index in [1.54, 1.807) is 35.9 Å². The minimum absolute atomic E-state index is 0.0200. The van der Waals surface area contributed by atoms with Crippen molar-refractivity contribution in [3.63, 3.8) is 0 Å². The maximum absolute atomic E-state index is 12.5. The maximum Gasteiger partial charge on any atom is 0.343 e. The fraction of sp³-hybridized carbons (Fsp3) is 0.182. The number of aromatic hydroxyl groups is 1. The van der Waals surface area contributed by atoms with Gasteiger partial charge in [0.25, 0.3) is 0 Å². The summed E-state index contributed by atoms with van der Waals surface area (Å²) in [6.45, 7) is 0. The fourth-order valence-electron chi connectivity index (χ4n) is 3.16. The van der Waals surface area contributed by atoms with Crippen LogP contribution >= 0.6 is 0 Å². The lowest BCUT2D eigenvalue weighted by Crippen LogP contribution is -2.10. The van der Waals surface area contributed by atoms with Gasteiger partial charge in [-0.15, -0.1) is 0 Å². The van der Waals surface area contributed by atoms with Gasteiger partial charge in [-0.25, -0.2) is 4.79 Å². The number of ether oxygens (including phenoxy) is 3. The standard InChI is InChI=1S/C22H21NO6/c1-27-16-11-9-15(10-12-16)23-17(13-18(24)28-2)21(25)19(22(26)29-3)20(23)14-7-5-4-6-8-14/h4-12,25H,13H2,1-3H3. The van der Waals surface area contributed by atoms with Crippen LogP contribution in [0.1, 0.15) is 16.1 Å². The van der Waals surface area contributed by atoms with E-state index in [0.717, 1.165) is 0 Å². The lowest BCUT2D eigenvalue weighted by atomic mass is 10.1. The van der Waals surface area contributed by atoms with E-state index in [2.05, 4.69) is 0 Å². The number of hydrogen-bond donors (Lipinski definition) is 1. The molecule has 1 N–H and O–H groups in total. The lowest BCUT2D eigenvalue weighted by Gasteiger charge is -2.14. The van der Waals surface area contributed by atoms with Crippen molar-refractivity contribution < 1.29 is 28.9 Å². The molecule has 150 valence electrons. The average molecular weight is 395 g/mol. The molecule has 0 aliphatic carbocycles. The van der Waals surface area contributed by atoms with Crippen LogP contribution in [0.3, 0.4) is 0 Å². The third-order valence-electron chi connectivity index (χ3n) is 4.55. The molecule has 0 saturated heterocycles. The first kappa shape index (κ1) is 20.0. The first-order valence-corrected chi connectivity index (χ1v) is 8.83. The van der Waals surface area contributed by atoms with Crippen LogP contribution in [0.5, 0.6) is 11.5 Å². The number of carbonyl (C=O) groups is 2. The molecule has 0 spiro atoms. The Morgan fingerprint density at radius 3 is 2.14 bits per heavy atom. The molecule has 0 saturated carbocycles. The van der Waals surface area contributed by atoms with Gasteiger partial charge in [-0.1, -0.05) is 30.3 Å². The number of nitrogens with zero attached hydrogens (tertiary/aromatic N) is 1. The van der Waals surface area contributed by atoms with E-state index in [9.17, 15) is 14.7 Å². The average Bonchev–Trinajstić information content (AvgIpc) is 3.05. The molecule has 1 heterocycles. The molecule has 29 heavy (non-hydrogen) atoms. The lowest BCUT2D eigenvalue weighted by molar-refractivity contribution is -0.139. The smallest absolute Gasteiger partial charge is 0.343 e. The van der Waals surface area contributed by atoms with Crippen molar-refractivity contribution >= 4 is 11.9 Å². The molecule has 3 rings (SSSR count). The molecule has 0 aliphatic heterocycles. The van der Waals surface area contributed by atoms with Crippen molar-refractivity contribution in [1.82, 2.24) is 4.57 Å². The molecule has 0 aliphatic rings. The van der Waals surface area contributed by atoms with E-state index >= 15 is 0 Å². The first-order chi connectivity index (χ1) is 14.0. The van der Waals surface area contributed by atoms with Crippen molar-refractivity contribution in [2.24, 2.45) is 0 Å². The van der Waals surface area contributed by atoms with E-state index in [0.29, 0.717) is 22.7 Å². The summed E-state index contributed by atoms with van der Waals surface area (Å²) in [5, 5.41) is 10.9. The molecule has 7 nitrogen and oxygen atoms in total. The third-order valence-corrected chi connectivity index (χ3v) is 4.55. The van der Waals surface area contributed by atoms with Crippen LogP contribution < -0.4 is 4.74 Å². The van der Waals surface area contributed by atoms with Crippen LogP contribution in [0, 0.1) is 0 Å². The Balaban J connectivity index is 2.37. The maximum atomic E-state index is 12.5. The Kier molecular flexibility index (Phi) is 5.87. The highest BCUT2D eigenvalue weighted by atomic mass is 16.5. The second-order valence-corrected chi connectivity index (χ2v) is 6.16. The fourth-order valence-corrected chi connectivity index (χ4v) is 3.16. The number of rotatable bonds is 6. The molecule has 0 unspecified atom stereocenters.